The number of fused-ring (bicyclic) bond motifs is 1. The fourth-order valence-electron chi connectivity index (χ4n) is 4.03. The fourth-order valence-corrected chi connectivity index (χ4v) is 4.03. The van der Waals surface area contributed by atoms with Crippen LogP contribution in [0.1, 0.15) is 109 Å². The summed E-state index contributed by atoms with van der Waals surface area (Å²) < 4.78 is 10.7. The molecule has 0 N–H and O–H groups in total. The second kappa shape index (κ2) is 15.0. The van der Waals surface area contributed by atoms with Crippen LogP contribution in [0, 0.1) is 0 Å². The Morgan fingerprint density at radius 1 is 0.800 bits per heavy atom. The lowest BCUT2D eigenvalue weighted by atomic mass is 10.0. The van der Waals surface area contributed by atoms with Crippen LogP contribution in [-0.2, 0) is 6.42 Å². The summed E-state index contributed by atoms with van der Waals surface area (Å²) in [5.41, 5.74) is 0.280. The highest BCUT2D eigenvalue weighted by atomic mass is 16.5. The highest BCUT2D eigenvalue weighted by molar-refractivity contribution is 5.83. The predicted octanol–water partition coefficient (Wildman–Crippen LogP) is 7.61. The van der Waals surface area contributed by atoms with E-state index in [0.717, 1.165) is 12.8 Å². The third kappa shape index (κ3) is 8.89. The van der Waals surface area contributed by atoms with Gasteiger partial charge in [0.15, 0.2) is 5.89 Å². The monoisotopic (exact) mass is 415 g/mol. The van der Waals surface area contributed by atoms with E-state index in [0.29, 0.717) is 29.0 Å². The normalized spacial score (nSPS) is 11.3. The minimum Gasteiger partial charge on any atom is -0.494 e. The van der Waals surface area contributed by atoms with Gasteiger partial charge in [-0.1, -0.05) is 103 Å². The van der Waals surface area contributed by atoms with Crippen LogP contribution >= 0.6 is 0 Å². The molecule has 0 radical (unpaired) electrons. The Kier molecular flexibility index (Phi) is 12.2. The minimum absolute atomic E-state index is 0.324. The Morgan fingerprint density at radius 2 is 1.33 bits per heavy atom. The van der Waals surface area contributed by atoms with E-state index in [2.05, 4.69) is 11.9 Å². The van der Waals surface area contributed by atoms with Crippen molar-refractivity contribution in [3.8, 4) is 5.75 Å². The van der Waals surface area contributed by atoms with Crippen LogP contribution in [0.5, 0.6) is 5.75 Å². The summed E-state index contributed by atoms with van der Waals surface area (Å²) in [6, 6.07) is 5.34. The summed E-state index contributed by atoms with van der Waals surface area (Å²) in [6.07, 6.45) is 20.8. The van der Waals surface area contributed by atoms with Crippen LogP contribution in [0.15, 0.2) is 27.4 Å². The molecule has 1 aromatic carbocycles. The summed E-state index contributed by atoms with van der Waals surface area (Å²) in [7, 11) is 1.60. The fraction of sp³-hybridized carbons (Fsp3) is 0.692. The van der Waals surface area contributed by atoms with E-state index >= 15 is 0 Å². The molecule has 0 aliphatic carbocycles. The summed E-state index contributed by atoms with van der Waals surface area (Å²) in [4.78, 5) is 16.7. The van der Waals surface area contributed by atoms with Crippen LogP contribution < -0.4 is 10.4 Å². The molecule has 0 atom stereocenters. The van der Waals surface area contributed by atoms with Crippen molar-refractivity contribution >= 4 is 10.9 Å². The van der Waals surface area contributed by atoms with Crippen molar-refractivity contribution in [2.24, 2.45) is 0 Å². The van der Waals surface area contributed by atoms with Crippen LogP contribution in [0.4, 0.5) is 0 Å². The largest absolute Gasteiger partial charge is 0.494 e. The Hall–Kier alpha value is -1.84. The maximum Gasteiger partial charge on any atom is 0.346 e. The Labute approximate surface area is 182 Å². The molecule has 0 bridgehead atoms. The number of aromatic nitrogens is 1. The summed E-state index contributed by atoms with van der Waals surface area (Å²) in [5, 5.41) is 0.481. The van der Waals surface area contributed by atoms with E-state index in [1.165, 1.54) is 83.5 Å². The number of hydrogen-bond donors (Lipinski definition) is 0. The van der Waals surface area contributed by atoms with E-state index < -0.39 is 0 Å². The average molecular weight is 416 g/mol. The molecule has 0 saturated carbocycles. The molecule has 0 aliphatic heterocycles. The quantitative estimate of drug-likeness (QED) is 0.249. The molecule has 4 nitrogen and oxygen atoms in total. The maximum atomic E-state index is 12.2. The molecule has 0 amide bonds. The average Bonchev–Trinajstić information content (AvgIpc) is 2.76. The Morgan fingerprint density at radius 3 is 1.87 bits per heavy atom. The van der Waals surface area contributed by atoms with Crippen molar-refractivity contribution in [3.63, 3.8) is 0 Å². The predicted molar refractivity (Wildman–Crippen MR) is 125 cm³/mol. The molecule has 30 heavy (non-hydrogen) atoms. The van der Waals surface area contributed by atoms with Crippen LogP contribution in [0.2, 0.25) is 0 Å². The molecular formula is C26H41NO3. The van der Waals surface area contributed by atoms with Crippen molar-refractivity contribution in [1.29, 1.82) is 0 Å². The van der Waals surface area contributed by atoms with E-state index in [-0.39, 0.29) is 5.63 Å². The molecular weight excluding hydrogens is 374 g/mol. The number of methoxy groups -OCH3 is 1. The SMILES string of the molecule is CCCCCCCCCCCCCCCCCc1nc2c(OC)cccc2c(=O)o1. The molecule has 2 aromatic rings. The zero-order valence-electron chi connectivity index (χ0n) is 19.2. The number of rotatable bonds is 17. The van der Waals surface area contributed by atoms with E-state index in [4.69, 9.17) is 9.15 Å². The first-order valence-corrected chi connectivity index (χ1v) is 12.2. The third-order valence-corrected chi connectivity index (χ3v) is 5.88. The molecule has 168 valence electrons. The van der Waals surface area contributed by atoms with E-state index in [9.17, 15) is 4.79 Å². The zero-order chi connectivity index (χ0) is 21.4. The number of benzene rings is 1. The number of aryl methyl sites for hydroxylation is 1. The van der Waals surface area contributed by atoms with Gasteiger partial charge in [0, 0.05) is 6.42 Å². The van der Waals surface area contributed by atoms with Gasteiger partial charge >= 0.3 is 5.63 Å². The first-order valence-electron chi connectivity index (χ1n) is 12.2. The molecule has 1 aromatic heterocycles. The molecule has 2 rings (SSSR count). The van der Waals surface area contributed by atoms with Gasteiger partial charge in [-0.3, -0.25) is 0 Å². The number of nitrogens with zero attached hydrogens (tertiary/aromatic N) is 1. The van der Waals surface area contributed by atoms with Crippen molar-refractivity contribution in [3.05, 3.63) is 34.5 Å². The maximum absolute atomic E-state index is 12.2. The lowest BCUT2D eigenvalue weighted by molar-refractivity contribution is 0.411. The van der Waals surface area contributed by atoms with Gasteiger partial charge in [-0.15, -0.1) is 0 Å². The topological polar surface area (TPSA) is 52.3 Å². The lowest BCUT2D eigenvalue weighted by Crippen LogP contribution is -2.06. The summed E-state index contributed by atoms with van der Waals surface area (Å²) in [5.74, 6) is 1.14. The van der Waals surface area contributed by atoms with Gasteiger partial charge in [-0.2, -0.15) is 0 Å². The number of ether oxygens (including phenoxy) is 1. The van der Waals surface area contributed by atoms with Crippen LogP contribution in [0.3, 0.4) is 0 Å². The Balaban J connectivity index is 1.51. The third-order valence-electron chi connectivity index (χ3n) is 5.88. The van der Waals surface area contributed by atoms with Gasteiger partial charge in [0.25, 0.3) is 0 Å². The summed E-state index contributed by atoms with van der Waals surface area (Å²) in [6.45, 7) is 2.28. The van der Waals surface area contributed by atoms with E-state index in [1.807, 2.05) is 6.07 Å². The van der Waals surface area contributed by atoms with Crippen molar-refractivity contribution in [1.82, 2.24) is 4.98 Å². The highest BCUT2D eigenvalue weighted by Crippen LogP contribution is 2.21. The molecule has 1 heterocycles. The smallest absolute Gasteiger partial charge is 0.346 e. The van der Waals surface area contributed by atoms with Gasteiger partial charge in [0.05, 0.1) is 12.5 Å². The van der Waals surface area contributed by atoms with Gasteiger partial charge < -0.3 is 9.15 Å². The first kappa shape index (κ1) is 24.4. The number of para-hydroxylation sites is 1. The minimum atomic E-state index is -0.324. The van der Waals surface area contributed by atoms with Gasteiger partial charge in [-0.05, 0) is 18.6 Å². The molecule has 0 fully saturated rings. The van der Waals surface area contributed by atoms with Gasteiger partial charge in [0.1, 0.15) is 11.3 Å². The second-order valence-corrected chi connectivity index (χ2v) is 8.45. The van der Waals surface area contributed by atoms with Crippen molar-refractivity contribution in [2.75, 3.05) is 7.11 Å². The lowest BCUT2D eigenvalue weighted by Gasteiger charge is -2.06. The molecule has 0 aliphatic rings. The molecule has 0 spiro atoms. The highest BCUT2D eigenvalue weighted by Gasteiger charge is 2.10. The van der Waals surface area contributed by atoms with Crippen LogP contribution in [0.25, 0.3) is 10.9 Å². The second-order valence-electron chi connectivity index (χ2n) is 8.45. The molecule has 0 unspecified atom stereocenters. The first-order chi connectivity index (χ1) is 14.8. The summed E-state index contributed by atoms with van der Waals surface area (Å²) >= 11 is 0. The standard InChI is InChI=1S/C26H41NO3/c1-3-4-5-6-7-8-9-10-11-12-13-14-15-16-17-21-24-27-25-22(26(28)30-24)19-18-20-23(25)29-2/h18-20H,3-17,21H2,1-2H3. The molecule has 0 saturated heterocycles. The Bertz CT molecular complexity index is 768. The van der Waals surface area contributed by atoms with Crippen molar-refractivity contribution in [2.45, 2.75) is 110 Å². The van der Waals surface area contributed by atoms with E-state index in [1.54, 1.807) is 19.2 Å². The van der Waals surface area contributed by atoms with Crippen molar-refractivity contribution < 1.29 is 9.15 Å². The molecule has 4 heteroatoms. The van der Waals surface area contributed by atoms with Gasteiger partial charge in [-0.25, -0.2) is 9.78 Å². The van der Waals surface area contributed by atoms with Gasteiger partial charge in [0.2, 0.25) is 0 Å². The van der Waals surface area contributed by atoms with Crippen LogP contribution in [-0.4, -0.2) is 12.1 Å². The number of unbranched alkanes of at least 4 members (excludes halogenated alkanes) is 14. The number of hydrogen-bond acceptors (Lipinski definition) is 4. The zero-order valence-corrected chi connectivity index (χ0v) is 19.2.